The molecule has 0 unspecified atom stereocenters. The molecule has 5 heteroatoms. The second-order valence-electron chi connectivity index (χ2n) is 2.94. The molecule has 0 fully saturated rings. The third-order valence-corrected chi connectivity index (χ3v) is 4.45. The summed E-state index contributed by atoms with van der Waals surface area (Å²) >= 11 is 0. The van der Waals surface area contributed by atoms with Crippen LogP contribution in [0.5, 0.6) is 5.88 Å². The van der Waals surface area contributed by atoms with E-state index in [-0.39, 0.29) is 5.88 Å². The van der Waals surface area contributed by atoms with E-state index in [1.165, 1.54) is 0 Å². The number of rotatable bonds is 4. The van der Waals surface area contributed by atoms with Crippen molar-refractivity contribution in [3.05, 3.63) is 18.3 Å². The number of nitrogens with zero attached hydrogens (tertiary/aromatic N) is 1. The number of nitrogen functional groups attached to an aromatic ring is 1. The van der Waals surface area contributed by atoms with E-state index < -0.39 is 7.37 Å². The normalized spacial score (nSPS) is 11.3. The highest BCUT2D eigenvalue weighted by atomic mass is 31.2. The molecule has 0 radical (unpaired) electrons. The van der Waals surface area contributed by atoms with E-state index >= 15 is 0 Å². The molecule has 0 atom stereocenters. The molecule has 0 aliphatic rings. The van der Waals surface area contributed by atoms with Crippen LogP contribution in [0.3, 0.4) is 0 Å². The highest BCUT2D eigenvalue weighted by molar-refractivity contribution is 7.59. The average Bonchev–Trinajstić information content (AvgIpc) is 2.21. The molecule has 0 spiro atoms. The molecule has 14 heavy (non-hydrogen) atoms. The minimum atomic E-state index is -2.57. The van der Waals surface area contributed by atoms with E-state index in [1.54, 1.807) is 18.3 Å². The van der Waals surface area contributed by atoms with Crippen LogP contribution in [0.15, 0.2) is 18.3 Å². The molecule has 0 saturated heterocycles. The summed E-state index contributed by atoms with van der Waals surface area (Å²) in [5, 5.41) is 0. The molecule has 4 nitrogen and oxygen atoms in total. The highest BCUT2D eigenvalue weighted by Crippen LogP contribution is 2.46. The number of pyridine rings is 1. The fourth-order valence-electron chi connectivity index (χ4n) is 0.990. The minimum Gasteiger partial charge on any atom is -0.423 e. The number of hydrogen-bond acceptors (Lipinski definition) is 4. The number of anilines is 1. The van der Waals surface area contributed by atoms with E-state index in [9.17, 15) is 4.57 Å². The largest absolute Gasteiger partial charge is 0.423 e. The molecule has 1 aromatic heterocycles. The molecule has 0 bridgehead atoms. The zero-order valence-electron chi connectivity index (χ0n) is 8.43. The van der Waals surface area contributed by atoms with Crippen molar-refractivity contribution in [1.82, 2.24) is 4.98 Å². The van der Waals surface area contributed by atoms with Crippen LogP contribution < -0.4 is 10.3 Å². The zero-order chi connectivity index (χ0) is 10.6. The Labute approximate surface area is 83.9 Å². The summed E-state index contributed by atoms with van der Waals surface area (Å²) in [6, 6.07) is 3.39. The van der Waals surface area contributed by atoms with Gasteiger partial charge in [-0.15, -0.1) is 0 Å². The molecular formula is C9H15N2O2P. The standard InChI is InChI=1S/C9H15N2O2P/c1-3-14(12,4-2)13-9-8(10)6-5-7-11-9/h5-7H,3-4,10H2,1-2H3. The third kappa shape index (κ3) is 2.48. The van der Waals surface area contributed by atoms with Gasteiger partial charge >= 0.3 is 0 Å². The van der Waals surface area contributed by atoms with Crippen molar-refractivity contribution in [2.24, 2.45) is 0 Å². The van der Waals surface area contributed by atoms with Crippen LogP contribution in [-0.2, 0) is 4.57 Å². The fourth-order valence-corrected chi connectivity index (χ4v) is 2.16. The lowest BCUT2D eigenvalue weighted by atomic mass is 10.4. The first-order valence-corrected chi connectivity index (χ1v) is 6.59. The minimum absolute atomic E-state index is 0.277. The quantitative estimate of drug-likeness (QED) is 0.781. The molecule has 0 saturated carbocycles. The smallest absolute Gasteiger partial charge is 0.249 e. The van der Waals surface area contributed by atoms with Gasteiger partial charge in [-0.3, -0.25) is 4.57 Å². The average molecular weight is 214 g/mol. The maximum atomic E-state index is 12.0. The predicted molar refractivity (Wildman–Crippen MR) is 58.0 cm³/mol. The first kappa shape index (κ1) is 11.1. The van der Waals surface area contributed by atoms with Gasteiger partial charge in [-0.25, -0.2) is 4.98 Å². The van der Waals surface area contributed by atoms with Gasteiger partial charge in [-0.2, -0.15) is 0 Å². The van der Waals surface area contributed by atoms with Gasteiger partial charge < -0.3 is 10.3 Å². The second-order valence-corrected chi connectivity index (χ2v) is 6.01. The Morgan fingerprint density at radius 3 is 2.64 bits per heavy atom. The van der Waals surface area contributed by atoms with Gasteiger partial charge in [-0.1, -0.05) is 13.8 Å². The number of nitrogens with two attached hydrogens (primary N) is 1. The van der Waals surface area contributed by atoms with Gasteiger partial charge in [0.25, 0.3) is 0 Å². The molecule has 0 amide bonds. The summed E-state index contributed by atoms with van der Waals surface area (Å²) in [6.07, 6.45) is 2.57. The maximum Gasteiger partial charge on any atom is 0.249 e. The summed E-state index contributed by atoms with van der Waals surface area (Å²) in [5.74, 6) is 0.277. The monoisotopic (exact) mass is 214 g/mol. The third-order valence-electron chi connectivity index (χ3n) is 2.02. The topological polar surface area (TPSA) is 65.2 Å². The Morgan fingerprint density at radius 1 is 1.50 bits per heavy atom. The first-order chi connectivity index (χ1) is 6.61. The van der Waals surface area contributed by atoms with Gasteiger partial charge in [0.1, 0.15) is 0 Å². The van der Waals surface area contributed by atoms with Crippen molar-refractivity contribution < 1.29 is 9.09 Å². The first-order valence-electron chi connectivity index (χ1n) is 4.59. The summed E-state index contributed by atoms with van der Waals surface area (Å²) in [7, 11) is -2.57. The molecule has 0 aliphatic carbocycles. The van der Waals surface area contributed by atoms with Crippen molar-refractivity contribution in [2.75, 3.05) is 18.1 Å². The van der Waals surface area contributed by atoms with Crippen molar-refractivity contribution in [3.8, 4) is 5.88 Å². The Hall–Kier alpha value is -1.02. The zero-order valence-corrected chi connectivity index (χ0v) is 9.33. The Balaban J connectivity index is 2.88. The number of aromatic nitrogens is 1. The Bertz CT molecular complexity index is 346. The van der Waals surface area contributed by atoms with Crippen molar-refractivity contribution in [1.29, 1.82) is 0 Å². The van der Waals surface area contributed by atoms with Crippen LogP contribution in [-0.4, -0.2) is 17.3 Å². The molecule has 78 valence electrons. The van der Waals surface area contributed by atoms with Crippen LogP contribution in [0, 0.1) is 0 Å². The summed E-state index contributed by atoms with van der Waals surface area (Å²) in [6.45, 7) is 3.67. The summed E-state index contributed by atoms with van der Waals surface area (Å²) < 4.78 is 17.3. The molecule has 0 aliphatic heterocycles. The lowest BCUT2D eigenvalue weighted by Crippen LogP contribution is -2.02. The molecule has 1 heterocycles. The van der Waals surface area contributed by atoms with Crippen molar-refractivity contribution >= 4 is 13.1 Å². The SMILES string of the molecule is CCP(=O)(CC)Oc1ncccc1N. The lowest BCUT2D eigenvalue weighted by Gasteiger charge is -2.16. The molecule has 1 aromatic rings. The van der Waals surface area contributed by atoms with E-state index in [4.69, 9.17) is 10.3 Å². The van der Waals surface area contributed by atoms with Crippen LogP contribution in [0.2, 0.25) is 0 Å². The molecule has 1 rings (SSSR count). The Kier molecular flexibility index (Phi) is 3.53. The second kappa shape index (κ2) is 4.47. The molecule has 2 N–H and O–H groups in total. The lowest BCUT2D eigenvalue weighted by molar-refractivity contribution is 0.475. The van der Waals surface area contributed by atoms with E-state index in [0.717, 1.165) is 0 Å². The fraction of sp³-hybridized carbons (Fsp3) is 0.444. The van der Waals surface area contributed by atoms with E-state index in [2.05, 4.69) is 4.98 Å². The van der Waals surface area contributed by atoms with Crippen LogP contribution in [0.4, 0.5) is 5.69 Å². The van der Waals surface area contributed by atoms with E-state index in [0.29, 0.717) is 18.0 Å². The van der Waals surface area contributed by atoms with Gasteiger partial charge in [0.05, 0.1) is 5.69 Å². The van der Waals surface area contributed by atoms with Gasteiger partial charge in [0.2, 0.25) is 13.2 Å². The van der Waals surface area contributed by atoms with Crippen LogP contribution in [0.1, 0.15) is 13.8 Å². The van der Waals surface area contributed by atoms with Gasteiger partial charge in [0, 0.05) is 18.5 Å². The molecule has 0 aromatic carbocycles. The van der Waals surface area contributed by atoms with Crippen LogP contribution >= 0.6 is 7.37 Å². The molecular weight excluding hydrogens is 199 g/mol. The van der Waals surface area contributed by atoms with Gasteiger partial charge in [-0.05, 0) is 12.1 Å². The predicted octanol–water partition coefficient (Wildman–Crippen LogP) is 2.36. The van der Waals surface area contributed by atoms with E-state index in [1.807, 2.05) is 13.8 Å². The highest BCUT2D eigenvalue weighted by Gasteiger charge is 2.20. The summed E-state index contributed by atoms with van der Waals surface area (Å²) in [4.78, 5) is 3.94. The van der Waals surface area contributed by atoms with Crippen molar-refractivity contribution in [3.63, 3.8) is 0 Å². The number of hydrogen-bond donors (Lipinski definition) is 1. The van der Waals surface area contributed by atoms with Crippen LogP contribution in [0.25, 0.3) is 0 Å². The maximum absolute atomic E-state index is 12.0. The Morgan fingerprint density at radius 2 is 2.14 bits per heavy atom. The van der Waals surface area contributed by atoms with Crippen molar-refractivity contribution in [2.45, 2.75) is 13.8 Å². The summed E-state index contributed by atoms with van der Waals surface area (Å²) in [5.41, 5.74) is 6.05. The van der Waals surface area contributed by atoms with Gasteiger partial charge in [0.15, 0.2) is 0 Å².